The first-order chi connectivity index (χ1) is 11.0. The van der Waals surface area contributed by atoms with Crippen LogP contribution in [0, 0.1) is 0 Å². The van der Waals surface area contributed by atoms with E-state index in [1.54, 1.807) is 11.8 Å². The molecule has 0 bridgehead atoms. The molecule has 1 amide bonds. The minimum absolute atomic E-state index is 0. The number of esters is 1. The standard InChI is InChI=1S/C13H18NO3S.C5H5.Fe/c1-9(11-6-4-5-7-11)18-8-12(13(16)17-3)14-10(2)15;1-2-4-5-3-1;/h4-7,9,12H,8H2,1-3H3,(H,14,15);1-5H;/q2*-1;+2/t9?,12-;;/m0../s1. The van der Waals surface area contributed by atoms with Gasteiger partial charge in [-0.2, -0.15) is 42.1 Å². The molecule has 0 fully saturated rings. The fraction of sp³-hybridized carbons (Fsp3) is 0.333. The maximum absolute atomic E-state index is 11.5. The summed E-state index contributed by atoms with van der Waals surface area (Å²) in [5, 5.41) is 2.88. The summed E-state index contributed by atoms with van der Waals surface area (Å²) in [6.07, 6.45) is 0. The fourth-order valence-electron chi connectivity index (χ4n) is 1.87. The number of carbonyl (C=O) groups excluding carboxylic acids is 2. The van der Waals surface area contributed by atoms with Gasteiger partial charge in [0.2, 0.25) is 5.91 Å². The van der Waals surface area contributed by atoms with Gasteiger partial charge < -0.3 is 10.1 Å². The van der Waals surface area contributed by atoms with Gasteiger partial charge in [-0.15, -0.1) is 5.56 Å². The third-order valence-electron chi connectivity index (χ3n) is 3.09. The molecule has 0 spiro atoms. The van der Waals surface area contributed by atoms with Crippen molar-refractivity contribution in [2.24, 2.45) is 0 Å². The SMILES string of the molecule is COC(=O)[C@H](CSC(C)[c-]1cccc1)NC(C)=O.[Fe+2].c1cc[cH-]c1. The van der Waals surface area contributed by atoms with Gasteiger partial charge in [0.25, 0.3) is 0 Å². The molecule has 132 valence electrons. The van der Waals surface area contributed by atoms with Crippen LogP contribution < -0.4 is 5.32 Å². The van der Waals surface area contributed by atoms with Gasteiger partial charge in [-0.25, -0.2) is 29.1 Å². The molecule has 2 aromatic rings. The smallest absolute Gasteiger partial charge is 0.467 e. The van der Waals surface area contributed by atoms with Gasteiger partial charge in [0, 0.05) is 12.7 Å². The van der Waals surface area contributed by atoms with Crippen LogP contribution in [0.2, 0.25) is 0 Å². The molecule has 1 N–H and O–H groups in total. The van der Waals surface area contributed by atoms with Crippen LogP contribution >= 0.6 is 11.8 Å². The van der Waals surface area contributed by atoms with Gasteiger partial charge in [-0.1, -0.05) is 6.92 Å². The molecule has 0 saturated heterocycles. The number of carbonyl (C=O) groups is 2. The van der Waals surface area contributed by atoms with Crippen molar-refractivity contribution in [3.05, 3.63) is 60.2 Å². The van der Waals surface area contributed by atoms with E-state index in [0.29, 0.717) is 5.75 Å². The summed E-state index contributed by atoms with van der Waals surface area (Å²) < 4.78 is 4.67. The average Bonchev–Trinajstić information content (AvgIpc) is 3.25. The second-order valence-corrected chi connectivity index (χ2v) is 6.31. The zero-order valence-corrected chi connectivity index (χ0v) is 16.0. The summed E-state index contributed by atoms with van der Waals surface area (Å²) in [6.45, 7) is 3.46. The van der Waals surface area contributed by atoms with Crippen LogP contribution in [-0.2, 0) is 31.4 Å². The molecule has 0 aliphatic heterocycles. The Morgan fingerprint density at radius 1 is 1.21 bits per heavy atom. The molecule has 4 nitrogen and oxygen atoms in total. The second kappa shape index (κ2) is 12.9. The Kier molecular flexibility index (Phi) is 12.1. The van der Waals surface area contributed by atoms with E-state index in [0.717, 1.165) is 0 Å². The molecule has 2 rings (SSSR count). The molecule has 2 atom stereocenters. The number of methoxy groups -OCH3 is 1. The van der Waals surface area contributed by atoms with E-state index >= 15 is 0 Å². The summed E-state index contributed by atoms with van der Waals surface area (Å²) in [7, 11) is 1.32. The molecular weight excluding hydrogens is 366 g/mol. The van der Waals surface area contributed by atoms with E-state index < -0.39 is 12.0 Å². The molecule has 0 radical (unpaired) electrons. The number of hydrogen-bond donors (Lipinski definition) is 1. The normalized spacial score (nSPS) is 12.0. The number of hydrogen-bond acceptors (Lipinski definition) is 4. The monoisotopic (exact) mass is 389 g/mol. The minimum Gasteiger partial charge on any atom is -0.467 e. The zero-order valence-electron chi connectivity index (χ0n) is 14.0. The van der Waals surface area contributed by atoms with Crippen LogP contribution in [0.4, 0.5) is 0 Å². The molecule has 0 aliphatic rings. The van der Waals surface area contributed by atoms with E-state index in [-0.39, 0.29) is 28.2 Å². The molecule has 0 aliphatic carbocycles. The Labute approximate surface area is 158 Å². The molecule has 0 heterocycles. The van der Waals surface area contributed by atoms with Crippen LogP contribution in [-0.4, -0.2) is 30.8 Å². The van der Waals surface area contributed by atoms with Crippen LogP contribution in [0.3, 0.4) is 0 Å². The van der Waals surface area contributed by atoms with Gasteiger partial charge >= 0.3 is 23.0 Å². The molecule has 1 unspecified atom stereocenters. The van der Waals surface area contributed by atoms with Gasteiger partial charge in [0.1, 0.15) is 6.04 Å². The number of rotatable bonds is 6. The average molecular weight is 389 g/mol. The number of ether oxygens (including phenoxy) is 1. The van der Waals surface area contributed by atoms with Crippen molar-refractivity contribution in [3.63, 3.8) is 0 Å². The predicted molar refractivity (Wildman–Crippen MR) is 94.6 cm³/mol. The molecule has 0 saturated carbocycles. The number of nitrogens with one attached hydrogen (secondary N) is 1. The minimum atomic E-state index is -0.588. The molecular formula is C18H23FeNO3S. The summed E-state index contributed by atoms with van der Waals surface area (Å²) in [5.41, 5.74) is 1.21. The van der Waals surface area contributed by atoms with Gasteiger partial charge in [0.05, 0.1) is 7.11 Å². The first-order valence-corrected chi connectivity index (χ1v) is 8.44. The van der Waals surface area contributed by atoms with E-state index in [9.17, 15) is 9.59 Å². The Balaban J connectivity index is 0.000000751. The Hall–Kier alpha value is -1.49. The first-order valence-electron chi connectivity index (χ1n) is 7.39. The van der Waals surface area contributed by atoms with Crippen molar-refractivity contribution >= 4 is 23.6 Å². The van der Waals surface area contributed by atoms with Crippen molar-refractivity contribution in [2.75, 3.05) is 12.9 Å². The van der Waals surface area contributed by atoms with Crippen molar-refractivity contribution in [1.29, 1.82) is 0 Å². The van der Waals surface area contributed by atoms with Crippen LogP contribution in [0.1, 0.15) is 24.7 Å². The van der Waals surface area contributed by atoms with Gasteiger partial charge in [-0.3, -0.25) is 4.79 Å². The third-order valence-corrected chi connectivity index (χ3v) is 4.39. The Morgan fingerprint density at radius 2 is 1.79 bits per heavy atom. The Morgan fingerprint density at radius 3 is 2.21 bits per heavy atom. The van der Waals surface area contributed by atoms with Gasteiger partial charge in [0.15, 0.2) is 0 Å². The van der Waals surface area contributed by atoms with E-state index in [4.69, 9.17) is 0 Å². The van der Waals surface area contributed by atoms with E-state index in [1.165, 1.54) is 19.6 Å². The summed E-state index contributed by atoms with van der Waals surface area (Å²) in [4.78, 5) is 22.5. The maximum atomic E-state index is 11.5. The quantitative estimate of drug-likeness (QED) is 0.468. The van der Waals surface area contributed by atoms with Crippen LogP contribution in [0.25, 0.3) is 0 Å². The van der Waals surface area contributed by atoms with Crippen molar-refractivity contribution in [1.82, 2.24) is 5.32 Å². The number of amides is 1. The summed E-state index contributed by atoms with van der Waals surface area (Å²) in [5.74, 6) is -0.141. The van der Waals surface area contributed by atoms with E-state index in [2.05, 4.69) is 17.0 Å². The maximum Gasteiger partial charge on any atom is 2.00 e. The molecule has 0 aromatic heterocycles. The van der Waals surface area contributed by atoms with Crippen LogP contribution in [0.15, 0.2) is 54.6 Å². The fourth-order valence-corrected chi connectivity index (χ4v) is 2.92. The number of thioether (sulfide) groups is 1. The van der Waals surface area contributed by atoms with Gasteiger partial charge in [-0.05, 0) is 5.25 Å². The molecule has 24 heavy (non-hydrogen) atoms. The molecule has 6 heteroatoms. The Bertz CT molecular complexity index is 538. The van der Waals surface area contributed by atoms with Crippen molar-refractivity contribution in [2.45, 2.75) is 25.1 Å². The molecule has 2 aromatic carbocycles. The largest absolute Gasteiger partial charge is 2.00 e. The predicted octanol–water partition coefficient (Wildman–Crippen LogP) is 3.28. The summed E-state index contributed by atoms with van der Waals surface area (Å²) >= 11 is 1.61. The first kappa shape index (κ1) is 22.5. The third kappa shape index (κ3) is 8.96. The van der Waals surface area contributed by atoms with E-state index in [1.807, 2.05) is 54.6 Å². The topological polar surface area (TPSA) is 55.4 Å². The van der Waals surface area contributed by atoms with Crippen LogP contribution in [0.5, 0.6) is 0 Å². The van der Waals surface area contributed by atoms with Crippen molar-refractivity contribution < 1.29 is 31.4 Å². The summed E-state index contributed by atoms with van der Waals surface area (Å²) in [6, 6.07) is 17.5. The zero-order chi connectivity index (χ0) is 17.1. The second-order valence-electron chi connectivity index (χ2n) is 4.93. The van der Waals surface area contributed by atoms with Crippen molar-refractivity contribution in [3.8, 4) is 0 Å².